The molecule has 1 fully saturated rings. The van der Waals surface area contributed by atoms with Crippen LogP contribution in [-0.2, 0) is 4.79 Å². The zero-order valence-electron chi connectivity index (χ0n) is 19.0. The highest BCUT2D eigenvalue weighted by Crippen LogP contribution is 2.33. The second-order valence-electron chi connectivity index (χ2n) is 8.98. The van der Waals surface area contributed by atoms with Gasteiger partial charge in [0.1, 0.15) is 17.0 Å². The number of rotatable bonds is 4. The van der Waals surface area contributed by atoms with E-state index in [0.29, 0.717) is 37.4 Å². The van der Waals surface area contributed by atoms with Crippen molar-refractivity contribution in [2.24, 2.45) is 5.41 Å². The SMILES string of the molecule is COc1ccc(N2CCN(C(=O)c3oc4ccccc4c3NC(=O)C(C)(C)C)CC2)cc1. The third kappa shape index (κ3) is 4.28. The lowest BCUT2D eigenvalue weighted by Gasteiger charge is -2.36. The molecule has 0 bridgehead atoms. The van der Waals surface area contributed by atoms with E-state index in [1.165, 1.54) is 0 Å². The normalized spacial score (nSPS) is 14.5. The monoisotopic (exact) mass is 435 g/mol. The van der Waals surface area contributed by atoms with E-state index in [1.54, 1.807) is 18.1 Å². The van der Waals surface area contributed by atoms with Gasteiger partial charge in [0.25, 0.3) is 5.91 Å². The molecule has 1 N–H and O–H groups in total. The Bertz CT molecular complexity index is 1120. The minimum absolute atomic E-state index is 0.164. The molecule has 3 aromatic rings. The molecule has 1 aromatic heterocycles. The van der Waals surface area contributed by atoms with Crippen LogP contribution < -0.4 is 15.0 Å². The molecule has 168 valence electrons. The van der Waals surface area contributed by atoms with Crippen LogP contribution in [0.25, 0.3) is 11.0 Å². The highest BCUT2D eigenvalue weighted by atomic mass is 16.5. The number of nitrogens with zero attached hydrogens (tertiary/aromatic N) is 2. The van der Waals surface area contributed by atoms with Crippen molar-refractivity contribution in [1.29, 1.82) is 0 Å². The molecule has 0 unspecified atom stereocenters. The third-order valence-electron chi connectivity index (χ3n) is 5.71. The predicted molar refractivity (Wildman–Crippen MR) is 125 cm³/mol. The van der Waals surface area contributed by atoms with Gasteiger partial charge in [-0.25, -0.2) is 0 Å². The van der Waals surface area contributed by atoms with Crippen molar-refractivity contribution in [3.05, 3.63) is 54.3 Å². The lowest BCUT2D eigenvalue weighted by molar-refractivity contribution is -0.123. The number of anilines is 2. The number of nitrogens with one attached hydrogen (secondary N) is 1. The fourth-order valence-corrected chi connectivity index (χ4v) is 3.73. The summed E-state index contributed by atoms with van der Waals surface area (Å²) in [6.07, 6.45) is 0. The summed E-state index contributed by atoms with van der Waals surface area (Å²) in [5.41, 5.74) is 1.53. The minimum Gasteiger partial charge on any atom is -0.497 e. The summed E-state index contributed by atoms with van der Waals surface area (Å²) in [5, 5.41) is 3.66. The van der Waals surface area contributed by atoms with Crippen molar-refractivity contribution in [2.45, 2.75) is 20.8 Å². The van der Waals surface area contributed by atoms with Crippen LogP contribution in [0.5, 0.6) is 5.75 Å². The number of furan rings is 1. The van der Waals surface area contributed by atoms with Gasteiger partial charge in [0.05, 0.1) is 7.11 Å². The van der Waals surface area contributed by atoms with Gasteiger partial charge in [-0.2, -0.15) is 0 Å². The maximum atomic E-state index is 13.4. The molecule has 2 aromatic carbocycles. The van der Waals surface area contributed by atoms with E-state index in [4.69, 9.17) is 9.15 Å². The van der Waals surface area contributed by atoms with Crippen LogP contribution in [-0.4, -0.2) is 50.0 Å². The fraction of sp³-hybridized carbons (Fsp3) is 0.360. The maximum Gasteiger partial charge on any atom is 0.291 e. The van der Waals surface area contributed by atoms with Crippen molar-refractivity contribution in [3.8, 4) is 5.75 Å². The van der Waals surface area contributed by atoms with Crippen LogP contribution in [0.15, 0.2) is 52.9 Å². The van der Waals surface area contributed by atoms with Gasteiger partial charge in [0.2, 0.25) is 11.7 Å². The van der Waals surface area contributed by atoms with Crippen LogP contribution in [0, 0.1) is 5.41 Å². The number of piperazine rings is 1. The zero-order valence-corrected chi connectivity index (χ0v) is 19.0. The molecular formula is C25H29N3O4. The fourth-order valence-electron chi connectivity index (χ4n) is 3.73. The molecule has 0 radical (unpaired) electrons. The number of para-hydroxylation sites is 1. The molecule has 0 spiro atoms. The Morgan fingerprint density at radius 2 is 1.62 bits per heavy atom. The first-order valence-corrected chi connectivity index (χ1v) is 10.8. The van der Waals surface area contributed by atoms with Crippen molar-refractivity contribution in [3.63, 3.8) is 0 Å². The number of ether oxygens (including phenoxy) is 1. The molecule has 2 heterocycles. The van der Waals surface area contributed by atoms with E-state index >= 15 is 0 Å². The van der Waals surface area contributed by atoms with Crippen molar-refractivity contribution >= 4 is 34.2 Å². The van der Waals surface area contributed by atoms with Gasteiger partial charge in [-0.05, 0) is 36.4 Å². The first-order valence-electron chi connectivity index (χ1n) is 10.8. The molecule has 7 nitrogen and oxygen atoms in total. The average molecular weight is 436 g/mol. The number of amides is 2. The summed E-state index contributed by atoms with van der Waals surface area (Å²) in [6, 6.07) is 15.3. The second kappa shape index (κ2) is 8.57. The molecule has 0 atom stereocenters. The lowest BCUT2D eigenvalue weighted by atomic mass is 9.95. The Kier molecular flexibility index (Phi) is 5.82. The van der Waals surface area contributed by atoms with Gasteiger partial charge >= 0.3 is 0 Å². The van der Waals surface area contributed by atoms with Gasteiger partial charge in [0.15, 0.2) is 0 Å². The molecular weight excluding hydrogens is 406 g/mol. The topological polar surface area (TPSA) is 75.0 Å². The van der Waals surface area contributed by atoms with Gasteiger partial charge in [0, 0.05) is 42.7 Å². The highest BCUT2D eigenvalue weighted by molar-refractivity contribution is 6.11. The standard InChI is InChI=1S/C25H29N3O4/c1-25(2,3)24(30)26-21-19-7-5-6-8-20(19)32-22(21)23(29)28-15-13-27(14-16-28)17-9-11-18(31-4)12-10-17/h5-12H,13-16H2,1-4H3,(H,26,30). The van der Waals surface area contributed by atoms with Crippen molar-refractivity contribution < 1.29 is 18.7 Å². The second-order valence-corrected chi connectivity index (χ2v) is 8.98. The first-order chi connectivity index (χ1) is 15.3. The molecule has 4 rings (SSSR count). The smallest absolute Gasteiger partial charge is 0.291 e. The largest absolute Gasteiger partial charge is 0.497 e. The summed E-state index contributed by atoms with van der Waals surface area (Å²) in [7, 11) is 1.65. The van der Waals surface area contributed by atoms with Crippen LogP contribution in [0.2, 0.25) is 0 Å². The Hall–Kier alpha value is -3.48. The van der Waals surface area contributed by atoms with E-state index in [-0.39, 0.29) is 17.6 Å². The number of carbonyl (C=O) groups is 2. The summed E-state index contributed by atoms with van der Waals surface area (Å²) < 4.78 is 11.2. The minimum atomic E-state index is -0.595. The van der Waals surface area contributed by atoms with E-state index in [1.807, 2.05) is 63.2 Å². The number of carbonyl (C=O) groups excluding carboxylic acids is 2. The first kappa shape index (κ1) is 21.7. The number of methoxy groups -OCH3 is 1. The number of hydrogen-bond acceptors (Lipinski definition) is 5. The van der Waals surface area contributed by atoms with Gasteiger partial charge in [-0.15, -0.1) is 0 Å². The Labute approximate surface area is 187 Å². The molecule has 1 aliphatic heterocycles. The van der Waals surface area contributed by atoms with Crippen molar-refractivity contribution in [1.82, 2.24) is 4.90 Å². The average Bonchev–Trinajstić information content (AvgIpc) is 3.16. The molecule has 7 heteroatoms. The summed E-state index contributed by atoms with van der Waals surface area (Å²) in [4.78, 5) is 30.1. The van der Waals surface area contributed by atoms with E-state index < -0.39 is 5.41 Å². The van der Waals surface area contributed by atoms with Crippen LogP contribution >= 0.6 is 0 Å². The molecule has 32 heavy (non-hydrogen) atoms. The van der Waals surface area contributed by atoms with Crippen LogP contribution in [0.4, 0.5) is 11.4 Å². The quantitative estimate of drug-likeness (QED) is 0.658. The van der Waals surface area contributed by atoms with Gasteiger partial charge < -0.3 is 24.3 Å². The summed E-state index contributed by atoms with van der Waals surface area (Å²) >= 11 is 0. The Balaban J connectivity index is 1.54. The molecule has 0 saturated carbocycles. The summed E-state index contributed by atoms with van der Waals surface area (Å²) in [5.74, 6) is 0.626. The lowest BCUT2D eigenvalue weighted by Crippen LogP contribution is -2.48. The highest BCUT2D eigenvalue weighted by Gasteiger charge is 2.31. The third-order valence-corrected chi connectivity index (χ3v) is 5.71. The van der Waals surface area contributed by atoms with Gasteiger partial charge in [-0.3, -0.25) is 9.59 Å². The van der Waals surface area contributed by atoms with Gasteiger partial charge in [-0.1, -0.05) is 32.9 Å². The van der Waals surface area contributed by atoms with Crippen LogP contribution in [0.1, 0.15) is 31.3 Å². The number of hydrogen-bond donors (Lipinski definition) is 1. The molecule has 0 aliphatic carbocycles. The molecule has 1 saturated heterocycles. The predicted octanol–water partition coefficient (Wildman–Crippen LogP) is 4.39. The Morgan fingerprint density at radius 3 is 2.25 bits per heavy atom. The van der Waals surface area contributed by atoms with E-state index in [9.17, 15) is 9.59 Å². The van der Waals surface area contributed by atoms with Crippen molar-refractivity contribution in [2.75, 3.05) is 43.5 Å². The Morgan fingerprint density at radius 1 is 0.969 bits per heavy atom. The maximum absolute atomic E-state index is 13.4. The summed E-state index contributed by atoms with van der Waals surface area (Å²) in [6.45, 7) is 8.06. The molecule has 1 aliphatic rings. The number of benzene rings is 2. The van der Waals surface area contributed by atoms with E-state index in [0.717, 1.165) is 16.8 Å². The number of fused-ring (bicyclic) bond motifs is 1. The van der Waals surface area contributed by atoms with Crippen LogP contribution in [0.3, 0.4) is 0 Å². The molecule has 2 amide bonds. The van der Waals surface area contributed by atoms with E-state index in [2.05, 4.69) is 10.2 Å². The zero-order chi connectivity index (χ0) is 22.9.